The second-order valence-electron chi connectivity index (χ2n) is 3.39. The average Bonchev–Trinajstić information content (AvgIpc) is 2.51. The van der Waals surface area contributed by atoms with Crippen molar-refractivity contribution in [2.75, 3.05) is 0 Å². The molecule has 0 saturated heterocycles. The van der Waals surface area contributed by atoms with Crippen LogP contribution < -0.4 is 0 Å². The highest BCUT2D eigenvalue weighted by Crippen LogP contribution is 2.25. The zero-order chi connectivity index (χ0) is 9.84. The maximum atomic E-state index is 11.6. The van der Waals surface area contributed by atoms with Gasteiger partial charge in [0.05, 0.1) is 0 Å². The summed E-state index contributed by atoms with van der Waals surface area (Å²) >= 11 is 1.73. The topological polar surface area (TPSA) is 17.1 Å². The van der Waals surface area contributed by atoms with Crippen LogP contribution in [0, 0.1) is 6.92 Å². The van der Waals surface area contributed by atoms with Gasteiger partial charge in [0, 0.05) is 22.1 Å². The molecule has 0 fully saturated rings. The molecule has 13 heavy (non-hydrogen) atoms. The molecule has 2 heteroatoms. The Morgan fingerprint density at radius 3 is 2.69 bits per heavy atom. The van der Waals surface area contributed by atoms with Crippen molar-refractivity contribution in [3.63, 3.8) is 0 Å². The smallest absolute Gasteiger partial charge is 0.140 e. The lowest BCUT2D eigenvalue weighted by atomic mass is 10.0. The van der Waals surface area contributed by atoms with Crippen molar-refractivity contribution in [1.82, 2.24) is 0 Å². The van der Waals surface area contributed by atoms with Gasteiger partial charge < -0.3 is 0 Å². The molecular formula is C11H16OS. The number of hydrogen-bond donors (Lipinski definition) is 0. The Kier molecular flexibility index (Phi) is 3.67. The lowest BCUT2D eigenvalue weighted by Crippen LogP contribution is -2.06. The van der Waals surface area contributed by atoms with Crippen LogP contribution in [0.5, 0.6) is 0 Å². The average molecular weight is 196 g/mol. The van der Waals surface area contributed by atoms with Gasteiger partial charge in [0.15, 0.2) is 0 Å². The molecular weight excluding hydrogens is 180 g/mol. The normalized spacial score (nSPS) is 12.8. The van der Waals surface area contributed by atoms with Crippen molar-refractivity contribution < 1.29 is 4.79 Å². The first-order chi connectivity index (χ1) is 6.15. The SMILES string of the molecule is CCCC(=O)C(C)c1ccc(C)s1. The van der Waals surface area contributed by atoms with Gasteiger partial charge in [-0.25, -0.2) is 0 Å². The van der Waals surface area contributed by atoms with Crippen LogP contribution in [0.1, 0.15) is 42.4 Å². The predicted octanol–water partition coefficient (Wildman–Crippen LogP) is 3.53. The van der Waals surface area contributed by atoms with Crippen LogP contribution >= 0.6 is 11.3 Å². The second kappa shape index (κ2) is 4.56. The largest absolute Gasteiger partial charge is 0.299 e. The molecule has 0 spiro atoms. The number of Topliss-reactive ketones (excluding diaryl/α,β-unsaturated/α-hetero) is 1. The van der Waals surface area contributed by atoms with Crippen LogP contribution in [0.2, 0.25) is 0 Å². The van der Waals surface area contributed by atoms with E-state index in [-0.39, 0.29) is 5.92 Å². The quantitative estimate of drug-likeness (QED) is 0.720. The van der Waals surface area contributed by atoms with E-state index < -0.39 is 0 Å². The number of rotatable bonds is 4. The Bertz CT molecular complexity index is 288. The molecule has 72 valence electrons. The number of carbonyl (C=O) groups is 1. The third-order valence-electron chi connectivity index (χ3n) is 2.17. The van der Waals surface area contributed by atoms with Crippen molar-refractivity contribution in [2.24, 2.45) is 0 Å². The van der Waals surface area contributed by atoms with E-state index in [1.54, 1.807) is 11.3 Å². The summed E-state index contributed by atoms with van der Waals surface area (Å²) in [5.74, 6) is 0.461. The summed E-state index contributed by atoms with van der Waals surface area (Å²) in [6, 6.07) is 4.15. The number of ketones is 1. The summed E-state index contributed by atoms with van der Waals surface area (Å²) in [5.41, 5.74) is 0. The fourth-order valence-electron chi connectivity index (χ4n) is 1.31. The van der Waals surface area contributed by atoms with Gasteiger partial charge in [-0.3, -0.25) is 4.79 Å². The molecule has 0 amide bonds. The Labute approximate surface area is 83.8 Å². The van der Waals surface area contributed by atoms with Crippen LogP contribution in [0.15, 0.2) is 12.1 Å². The highest BCUT2D eigenvalue weighted by atomic mass is 32.1. The van der Waals surface area contributed by atoms with Gasteiger partial charge in [-0.05, 0) is 25.5 Å². The van der Waals surface area contributed by atoms with E-state index in [1.165, 1.54) is 9.75 Å². The molecule has 0 aliphatic rings. The fraction of sp³-hybridized carbons (Fsp3) is 0.545. The number of aryl methyl sites for hydroxylation is 1. The number of hydrogen-bond acceptors (Lipinski definition) is 2. The molecule has 0 N–H and O–H groups in total. The number of carbonyl (C=O) groups excluding carboxylic acids is 1. The molecule has 1 nitrogen and oxygen atoms in total. The summed E-state index contributed by atoms with van der Waals surface area (Å²) in [4.78, 5) is 14.0. The Morgan fingerprint density at radius 1 is 1.54 bits per heavy atom. The molecule has 0 bridgehead atoms. The monoisotopic (exact) mass is 196 g/mol. The van der Waals surface area contributed by atoms with Gasteiger partial charge in [0.2, 0.25) is 0 Å². The minimum atomic E-state index is 0.0960. The molecule has 1 aromatic heterocycles. The predicted molar refractivity (Wildman–Crippen MR) is 57.4 cm³/mol. The summed E-state index contributed by atoms with van der Waals surface area (Å²) in [7, 11) is 0. The van der Waals surface area contributed by atoms with E-state index in [2.05, 4.69) is 19.1 Å². The summed E-state index contributed by atoms with van der Waals surface area (Å²) in [6.07, 6.45) is 1.66. The van der Waals surface area contributed by atoms with Gasteiger partial charge in [-0.2, -0.15) is 0 Å². The zero-order valence-corrected chi connectivity index (χ0v) is 9.28. The van der Waals surface area contributed by atoms with Crippen molar-refractivity contribution in [1.29, 1.82) is 0 Å². The Hall–Kier alpha value is -0.630. The van der Waals surface area contributed by atoms with E-state index in [0.717, 1.165) is 6.42 Å². The molecule has 0 aliphatic heterocycles. The molecule has 1 rings (SSSR count). The molecule has 0 aromatic carbocycles. The molecule has 0 radical (unpaired) electrons. The fourth-order valence-corrected chi connectivity index (χ4v) is 2.26. The van der Waals surface area contributed by atoms with Crippen LogP contribution in [0.4, 0.5) is 0 Å². The van der Waals surface area contributed by atoms with Gasteiger partial charge in [0.1, 0.15) is 5.78 Å². The Balaban J connectivity index is 2.67. The van der Waals surface area contributed by atoms with Gasteiger partial charge >= 0.3 is 0 Å². The van der Waals surface area contributed by atoms with E-state index in [4.69, 9.17) is 0 Å². The van der Waals surface area contributed by atoms with Crippen molar-refractivity contribution in [2.45, 2.75) is 39.5 Å². The third kappa shape index (κ3) is 2.66. The molecule has 1 unspecified atom stereocenters. The maximum absolute atomic E-state index is 11.6. The lowest BCUT2D eigenvalue weighted by molar-refractivity contribution is -0.120. The maximum Gasteiger partial charge on any atom is 0.140 e. The highest BCUT2D eigenvalue weighted by Gasteiger charge is 2.15. The lowest BCUT2D eigenvalue weighted by Gasteiger charge is -2.06. The van der Waals surface area contributed by atoms with Crippen molar-refractivity contribution in [3.05, 3.63) is 21.9 Å². The van der Waals surface area contributed by atoms with Crippen LogP contribution in [-0.4, -0.2) is 5.78 Å². The minimum Gasteiger partial charge on any atom is -0.299 e. The first-order valence-corrected chi connectivity index (χ1v) is 5.55. The standard InChI is InChI=1S/C11H16OS/c1-4-5-10(12)9(3)11-7-6-8(2)13-11/h6-7,9H,4-5H2,1-3H3. The minimum absolute atomic E-state index is 0.0960. The highest BCUT2D eigenvalue weighted by molar-refractivity contribution is 7.12. The van der Waals surface area contributed by atoms with Crippen LogP contribution in [0.3, 0.4) is 0 Å². The van der Waals surface area contributed by atoms with Crippen LogP contribution in [-0.2, 0) is 4.79 Å². The van der Waals surface area contributed by atoms with Gasteiger partial charge in [-0.15, -0.1) is 11.3 Å². The van der Waals surface area contributed by atoms with Crippen LogP contribution in [0.25, 0.3) is 0 Å². The zero-order valence-electron chi connectivity index (χ0n) is 8.46. The summed E-state index contributed by atoms with van der Waals surface area (Å²) < 4.78 is 0. The summed E-state index contributed by atoms with van der Waals surface area (Å²) in [6.45, 7) is 6.12. The molecule has 0 aliphatic carbocycles. The molecule has 1 heterocycles. The third-order valence-corrected chi connectivity index (χ3v) is 3.35. The van der Waals surface area contributed by atoms with E-state index in [9.17, 15) is 4.79 Å². The van der Waals surface area contributed by atoms with Gasteiger partial charge in [0.25, 0.3) is 0 Å². The molecule has 1 aromatic rings. The second-order valence-corrected chi connectivity index (χ2v) is 4.71. The van der Waals surface area contributed by atoms with Gasteiger partial charge in [-0.1, -0.05) is 13.8 Å². The first kappa shape index (κ1) is 10.5. The Morgan fingerprint density at radius 2 is 2.23 bits per heavy atom. The molecule has 0 saturated carbocycles. The van der Waals surface area contributed by atoms with Crippen molar-refractivity contribution in [3.8, 4) is 0 Å². The van der Waals surface area contributed by atoms with Crippen molar-refractivity contribution >= 4 is 17.1 Å². The summed E-state index contributed by atoms with van der Waals surface area (Å²) in [5, 5.41) is 0. The van der Waals surface area contributed by atoms with E-state index in [1.807, 2.05) is 13.8 Å². The number of thiophene rings is 1. The van der Waals surface area contributed by atoms with E-state index in [0.29, 0.717) is 12.2 Å². The molecule has 1 atom stereocenters. The van der Waals surface area contributed by atoms with E-state index >= 15 is 0 Å². The first-order valence-electron chi connectivity index (χ1n) is 4.74.